The molecule has 7 nitrogen and oxygen atoms in total. The normalized spacial score (nSPS) is 10.6. The zero-order valence-electron chi connectivity index (χ0n) is 15.4. The lowest BCUT2D eigenvalue weighted by Crippen LogP contribution is -2.10. The molecule has 0 bridgehead atoms. The number of rotatable bonds is 5. The van der Waals surface area contributed by atoms with Crippen molar-refractivity contribution in [3.05, 3.63) is 77.3 Å². The molecular formula is C21H18N4O3. The molecule has 0 amide bonds. The Morgan fingerprint density at radius 1 is 0.929 bits per heavy atom. The van der Waals surface area contributed by atoms with Crippen LogP contribution in [0.3, 0.4) is 0 Å². The highest BCUT2D eigenvalue weighted by molar-refractivity contribution is 5.76. The second-order valence-electron chi connectivity index (χ2n) is 6.12. The number of hydrogen-bond acceptors (Lipinski definition) is 6. The Balaban J connectivity index is 1.54. The Bertz CT molecular complexity index is 1150. The van der Waals surface area contributed by atoms with Crippen molar-refractivity contribution in [3.8, 4) is 17.5 Å². The monoisotopic (exact) mass is 374 g/mol. The first kappa shape index (κ1) is 17.5. The van der Waals surface area contributed by atoms with Gasteiger partial charge in [-0.25, -0.2) is 0 Å². The first-order valence-corrected chi connectivity index (χ1v) is 8.64. The zero-order chi connectivity index (χ0) is 19.5. The first-order valence-electron chi connectivity index (χ1n) is 8.64. The molecule has 28 heavy (non-hydrogen) atoms. The van der Waals surface area contributed by atoms with E-state index in [0.717, 1.165) is 17.1 Å². The number of anilines is 2. The van der Waals surface area contributed by atoms with Gasteiger partial charge >= 0.3 is 6.01 Å². The average Bonchev–Trinajstić information content (AvgIpc) is 2.74. The fourth-order valence-electron chi connectivity index (χ4n) is 2.82. The van der Waals surface area contributed by atoms with Crippen LogP contribution in [-0.2, 0) is 0 Å². The second kappa shape index (κ2) is 7.40. The van der Waals surface area contributed by atoms with Crippen LogP contribution in [0.1, 0.15) is 0 Å². The van der Waals surface area contributed by atoms with Crippen molar-refractivity contribution in [1.82, 2.24) is 15.0 Å². The molecule has 0 saturated carbocycles. The Kier molecular flexibility index (Phi) is 4.63. The molecule has 7 heteroatoms. The Morgan fingerprint density at radius 2 is 1.57 bits per heavy atom. The molecule has 0 saturated heterocycles. The Labute approximate surface area is 161 Å². The van der Waals surface area contributed by atoms with Gasteiger partial charge in [-0.05, 0) is 54.6 Å². The topological polar surface area (TPSA) is 80.3 Å². The zero-order valence-corrected chi connectivity index (χ0v) is 15.4. The highest BCUT2D eigenvalue weighted by Gasteiger charge is 2.08. The molecule has 2 heterocycles. The summed E-state index contributed by atoms with van der Waals surface area (Å²) in [5.74, 6) is 1.38. The average molecular weight is 374 g/mol. The number of aromatic nitrogens is 3. The van der Waals surface area contributed by atoms with Gasteiger partial charge in [-0.3, -0.25) is 14.8 Å². The molecule has 0 spiro atoms. The van der Waals surface area contributed by atoms with Gasteiger partial charge in [0.2, 0.25) is 0 Å². The molecule has 0 aliphatic heterocycles. The SMILES string of the molecule is COc1ccc(N(C)c2ccc(Oc3nc4cnccc4c(=O)[nH]3)cc2)cc1. The summed E-state index contributed by atoms with van der Waals surface area (Å²) in [6.07, 6.45) is 3.09. The maximum absolute atomic E-state index is 12.1. The number of pyridine rings is 1. The summed E-state index contributed by atoms with van der Waals surface area (Å²) in [5.41, 5.74) is 2.24. The predicted octanol–water partition coefficient (Wildman–Crippen LogP) is 3.89. The highest BCUT2D eigenvalue weighted by atomic mass is 16.5. The highest BCUT2D eigenvalue weighted by Crippen LogP contribution is 2.28. The molecule has 2 aromatic carbocycles. The van der Waals surface area contributed by atoms with Gasteiger partial charge in [0, 0.05) is 24.6 Å². The summed E-state index contributed by atoms with van der Waals surface area (Å²) in [5, 5.41) is 0.471. The van der Waals surface area contributed by atoms with Crippen molar-refractivity contribution in [2.24, 2.45) is 0 Å². The largest absolute Gasteiger partial charge is 0.497 e. The molecule has 0 aliphatic rings. The molecule has 0 unspecified atom stereocenters. The summed E-state index contributed by atoms with van der Waals surface area (Å²) >= 11 is 0. The molecular weight excluding hydrogens is 356 g/mol. The molecule has 0 fully saturated rings. The van der Waals surface area contributed by atoms with E-state index in [2.05, 4.69) is 15.0 Å². The van der Waals surface area contributed by atoms with E-state index in [9.17, 15) is 4.79 Å². The molecule has 140 valence electrons. The second-order valence-corrected chi connectivity index (χ2v) is 6.12. The number of nitrogens with zero attached hydrogens (tertiary/aromatic N) is 3. The number of aromatic amines is 1. The molecule has 0 atom stereocenters. The molecule has 2 aromatic heterocycles. The van der Waals surface area contributed by atoms with Gasteiger partial charge in [-0.1, -0.05) is 0 Å². The molecule has 1 N–H and O–H groups in total. The molecule has 4 rings (SSSR count). The number of ether oxygens (including phenoxy) is 2. The molecule has 0 aliphatic carbocycles. The van der Waals surface area contributed by atoms with E-state index < -0.39 is 0 Å². The van der Waals surface area contributed by atoms with Crippen LogP contribution in [0.4, 0.5) is 11.4 Å². The number of nitrogens with one attached hydrogen (secondary N) is 1. The van der Waals surface area contributed by atoms with E-state index in [1.54, 1.807) is 19.4 Å². The van der Waals surface area contributed by atoms with E-state index in [1.165, 1.54) is 6.20 Å². The molecule has 4 aromatic rings. The quantitative estimate of drug-likeness (QED) is 0.571. The lowest BCUT2D eigenvalue weighted by Gasteiger charge is -2.20. The third-order valence-corrected chi connectivity index (χ3v) is 4.39. The maximum atomic E-state index is 12.1. The van der Waals surface area contributed by atoms with Crippen LogP contribution in [0.15, 0.2) is 71.8 Å². The van der Waals surface area contributed by atoms with Crippen LogP contribution in [0, 0.1) is 0 Å². The fourth-order valence-corrected chi connectivity index (χ4v) is 2.82. The van der Waals surface area contributed by atoms with Gasteiger partial charge in [0.15, 0.2) is 0 Å². The van der Waals surface area contributed by atoms with Gasteiger partial charge in [0.05, 0.1) is 24.2 Å². The van der Waals surface area contributed by atoms with Crippen LogP contribution in [-0.4, -0.2) is 29.1 Å². The van der Waals surface area contributed by atoms with Crippen molar-refractivity contribution in [2.45, 2.75) is 0 Å². The van der Waals surface area contributed by atoms with Gasteiger partial charge in [-0.2, -0.15) is 4.98 Å². The standard InChI is InChI=1S/C21H18N4O3/c1-25(14-3-7-16(27-2)8-4-14)15-5-9-17(10-6-15)28-21-23-19-13-22-12-11-18(19)20(26)24-21/h3-13H,1-2H3,(H,23,24,26). The number of H-pyrrole nitrogens is 1. The predicted molar refractivity (Wildman–Crippen MR) is 108 cm³/mol. The van der Waals surface area contributed by atoms with Crippen molar-refractivity contribution in [2.75, 3.05) is 19.1 Å². The van der Waals surface area contributed by atoms with E-state index >= 15 is 0 Å². The third-order valence-electron chi connectivity index (χ3n) is 4.39. The fraction of sp³-hybridized carbons (Fsp3) is 0.0952. The lowest BCUT2D eigenvalue weighted by atomic mass is 10.2. The van der Waals surface area contributed by atoms with Crippen molar-refractivity contribution < 1.29 is 9.47 Å². The minimum absolute atomic E-state index is 0.127. The molecule has 0 radical (unpaired) electrons. The van der Waals surface area contributed by atoms with Crippen LogP contribution in [0.2, 0.25) is 0 Å². The summed E-state index contributed by atoms with van der Waals surface area (Å²) in [6, 6.07) is 17.1. The number of methoxy groups -OCH3 is 1. The van der Waals surface area contributed by atoms with Crippen LogP contribution < -0.4 is 19.9 Å². The van der Waals surface area contributed by atoms with E-state index in [4.69, 9.17) is 9.47 Å². The first-order chi connectivity index (χ1) is 13.6. The van der Waals surface area contributed by atoms with Crippen molar-refractivity contribution >= 4 is 22.3 Å². The number of fused-ring (bicyclic) bond motifs is 1. The summed E-state index contributed by atoms with van der Waals surface area (Å²) in [7, 11) is 3.62. The van der Waals surface area contributed by atoms with Gasteiger partial charge < -0.3 is 14.4 Å². The van der Waals surface area contributed by atoms with Gasteiger partial charge in [0.1, 0.15) is 11.5 Å². The number of hydrogen-bond donors (Lipinski definition) is 1. The van der Waals surface area contributed by atoms with E-state index in [1.807, 2.05) is 60.5 Å². The van der Waals surface area contributed by atoms with Crippen molar-refractivity contribution in [1.29, 1.82) is 0 Å². The number of benzene rings is 2. The minimum atomic E-state index is -0.266. The third kappa shape index (κ3) is 3.50. The van der Waals surface area contributed by atoms with Crippen LogP contribution in [0.25, 0.3) is 10.9 Å². The van der Waals surface area contributed by atoms with Gasteiger partial charge in [-0.15, -0.1) is 0 Å². The van der Waals surface area contributed by atoms with Crippen LogP contribution >= 0.6 is 0 Å². The smallest absolute Gasteiger partial charge is 0.302 e. The minimum Gasteiger partial charge on any atom is -0.497 e. The van der Waals surface area contributed by atoms with Gasteiger partial charge in [0.25, 0.3) is 5.56 Å². The van der Waals surface area contributed by atoms with Crippen molar-refractivity contribution in [3.63, 3.8) is 0 Å². The lowest BCUT2D eigenvalue weighted by molar-refractivity contribution is 0.415. The maximum Gasteiger partial charge on any atom is 0.302 e. The summed E-state index contributed by atoms with van der Waals surface area (Å²) < 4.78 is 10.9. The van der Waals surface area contributed by atoms with Crippen LogP contribution in [0.5, 0.6) is 17.5 Å². The van der Waals surface area contributed by atoms with E-state index in [0.29, 0.717) is 16.7 Å². The Morgan fingerprint density at radius 3 is 2.21 bits per heavy atom. The summed E-state index contributed by atoms with van der Waals surface area (Å²) in [4.78, 5) is 25.1. The Hall–Kier alpha value is -3.87. The van der Waals surface area contributed by atoms with E-state index in [-0.39, 0.29) is 11.6 Å². The summed E-state index contributed by atoms with van der Waals surface area (Å²) in [6.45, 7) is 0.